The molecule has 14 heteroatoms. The van der Waals surface area contributed by atoms with Gasteiger partial charge in [0.15, 0.2) is 0 Å². The zero-order valence-corrected chi connectivity index (χ0v) is 32.4. The average Bonchev–Trinajstić information content (AvgIpc) is 3.65. The van der Waals surface area contributed by atoms with Crippen LogP contribution in [0.5, 0.6) is 0 Å². The van der Waals surface area contributed by atoms with Crippen LogP contribution in [0.3, 0.4) is 0 Å². The average molecular weight is 919 g/mol. The molecule has 0 amide bonds. The van der Waals surface area contributed by atoms with Crippen LogP contribution in [0, 0.1) is 14.9 Å². The third-order valence-corrected chi connectivity index (χ3v) is 12.2. The predicted molar refractivity (Wildman–Crippen MR) is 180 cm³/mol. The molecule has 0 heterocycles. The molecule has 6 rings (SSSR count). The van der Waals surface area contributed by atoms with Gasteiger partial charge >= 0.3 is 50.5 Å². The topological polar surface area (TPSA) is 0 Å². The summed E-state index contributed by atoms with van der Waals surface area (Å²) < 4.78 is 163. The van der Waals surface area contributed by atoms with Crippen LogP contribution in [0.25, 0.3) is 43.8 Å². The Kier molecular flexibility index (Phi) is 11.8. The van der Waals surface area contributed by atoms with Gasteiger partial charge in [0.1, 0.15) is 0 Å². The monoisotopic (exact) mass is 920 g/mol. The van der Waals surface area contributed by atoms with E-state index in [4.69, 9.17) is 0 Å². The van der Waals surface area contributed by atoms with E-state index in [0.717, 1.165) is 10.4 Å². The molecule has 0 saturated heterocycles. The molecule has 52 heavy (non-hydrogen) atoms. The predicted octanol–water partition coefficient (Wildman–Crippen LogP) is 12.6. The SMILES string of the molecule is C[Si](C)(c1cc2c(-c3cc(C(F)(F)F)cc(C(F)(F)F)c3)cccc2[cH-]1)c1cc2c(-c3cc(C(F)(F)F)cc(C(F)(F)F)c3)cccc2[cH-]1.[CH3-].[CH3-].[Hf+4]. The molecule has 0 atom stereocenters. The Morgan fingerprint density at radius 1 is 0.442 bits per heavy atom. The molecule has 0 aliphatic rings. The minimum Gasteiger partial charge on any atom is -0.358 e. The Hall–Kier alpha value is -3.65. The molecule has 0 N–H and O–H groups in total. The van der Waals surface area contributed by atoms with Crippen molar-refractivity contribution in [2.75, 3.05) is 0 Å². The number of hydrogen-bond donors (Lipinski definition) is 0. The molecule has 0 radical (unpaired) electrons. The van der Waals surface area contributed by atoms with E-state index in [-0.39, 0.29) is 75.1 Å². The molecule has 0 bridgehead atoms. The first kappa shape index (κ1) is 42.8. The van der Waals surface area contributed by atoms with Crippen molar-refractivity contribution in [2.45, 2.75) is 37.8 Å². The van der Waals surface area contributed by atoms with Crippen LogP contribution in [0.4, 0.5) is 52.7 Å². The van der Waals surface area contributed by atoms with Gasteiger partial charge in [0.05, 0.1) is 30.3 Å². The van der Waals surface area contributed by atoms with Gasteiger partial charge in [-0.15, -0.1) is 68.3 Å². The van der Waals surface area contributed by atoms with Crippen LogP contribution in [-0.2, 0) is 50.5 Å². The van der Waals surface area contributed by atoms with Gasteiger partial charge in [-0.25, -0.2) is 0 Å². The molecular weight excluding hydrogens is 891 g/mol. The van der Waals surface area contributed by atoms with Crippen molar-refractivity contribution in [2.24, 2.45) is 0 Å². The van der Waals surface area contributed by atoms with Gasteiger partial charge in [-0.3, -0.25) is 0 Å². The standard InChI is InChI=1S/C36H22F12Si.2CH3.Hf/c1-49(2,27-13-19-5-3-7-29(31(19)17-27)21-9-23(33(37,38)39)15-24(10-21)34(40,41)42)28-14-20-6-4-8-30(32(20)18-28)22-11-25(35(43,44)45)16-26(12-22)36(46,47)48;;;/h3-18H,1-2H3;2*1H3;/q-2;2*-1;+4. The normalized spacial score (nSPS) is 12.7. The molecular formula is C38H28F12HfSi. The zero-order valence-electron chi connectivity index (χ0n) is 27.8. The maximum atomic E-state index is 13.6. The number of alkyl halides is 12. The van der Waals surface area contributed by atoms with Crippen molar-refractivity contribution in [3.8, 4) is 22.3 Å². The van der Waals surface area contributed by atoms with Crippen LogP contribution in [0.15, 0.2) is 97.1 Å². The summed E-state index contributed by atoms with van der Waals surface area (Å²) in [6.07, 6.45) is -20.1. The van der Waals surface area contributed by atoms with E-state index in [1.54, 1.807) is 36.4 Å². The third-order valence-electron chi connectivity index (χ3n) is 8.74. The second-order valence-electron chi connectivity index (χ2n) is 12.3. The van der Waals surface area contributed by atoms with Gasteiger partial charge in [-0.05, 0) is 47.5 Å². The molecule has 0 spiro atoms. The quantitative estimate of drug-likeness (QED) is 0.0939. The number of hydrogen-bond acceptors (Lipinski definition) is 0. The first-order chi connectivity index (χ1) is 22.5. The van der Waals surface area contributed by atoms with Gasteiger partial charge in [0.2, 0.25) is 0 Å². The smallest absolute Gasteiger partial charge is 0.358 e. The summed E-state index contributed by atoms with van der Waals surface area (Å²) in [6, 6.07) is 19.1. The number of fused-ring (bicyclic) bond motifs is 2. The maximum Gasteiger partial charge on any atom is 4.00 e. The summed E-state index contributed by atoms with van der Waals surface area (Å²) in [5.41, 5.74) is -6.01. The second kappa shape index (κ2) is 14.3. The van der Waals surface area contributed by atoms with E-state index >= 15 is 0 Å². The van der Waals surface area contributed by atoms with Gasteiger partial charge in [0.25, 0.3) is 0 Å². The number of rotatable bonds is 4. The minimum atomic E-state index is -5.03. The van der Waals surface area contributed by atoms with Gasteiger partial charge < -0.3 is 14.9 Å². The molecule has 0 aliphatic heterocycles. The van der Waals surface area contributed by atoms with Crippen LogP contribution >= 0.6 is 0 Å². The fraction of sp³-hybridized carbons (Fsp3) is 0.158. The van der Waals surface area contributed by atoms with E-state index in [2.05, 4.69) is 0 Å². The molecule has 0 nitrogen and oxygen atoms in total. The van der Waals surface area contributed by atoms with Crippen LogP contribution in [-0.4, -0.2) is 8.07 Å². The Balaban J connectivity index is 0.00000243. The molecule has 272 valence electrons. The summed E-state index contributed by atoms with van der Waals surface area (Å²) in [5.74, 6) is 0. The van der Waals surface area contributed by atoms with E-state index in [0.29, 0.717) is 45.8 Å². The van der Waals surface area contributed by atoms with Crippen LogP contribution in [0.2, 0.25) is 13.1 Å². The zero-order chi connectivity index (χ0) is 35.9. The summed E-state index contributed by atoms with van der Waals surface area (Å²) in [5, 5.41) is 3.50. The van der Waals surface area contributed by atoms with Crippen molar-refractivity contribution in [1.29, 1.82) is 0 Å². The van der Waals surface area contributed by atoms with Gasteiger partial charge in [-0.1, -0.05) is 36.4 Å². The van der Waals surface area contributed by atoms with Crippen molar-refractivity contribution < 1.29 is 78.5 Å². The van der Waals surface area contributed by atoms with Gasteiger partial charge in [0, 0.05) is 0 Å². The van der Waals surface area contributed by atoms with Crippen molar-refractivity contribution in [3.63, 3.8) is 0 Å². The first-order valence-corrected chi connectivity index (χ1v) is 17.5. The summed E-state index contributed by atoms with van der Waals surface area (Å²) >= 11 is 0. The third kappa shape index (κ3) is 8.12. The molecule has 6 aromatic rings. The van der Waals surface area contributed by atoms with Crippen LogP contribution in [0.1, 0.15) is 22.3 Å². The van der Waals surface area contributed by atoms with Gasteiger partial charge in [-0.2, -0.15) is 64.8 Å². The molecule has 0 unspecified atom stereocenters. The summed E-state index contributed by atoms with van der Waals surface area (Å²) in [6.45, 7) is 3.87. The van der Waals surface area contributed by atoms with E-state index in [1.807, 2.05) is 13.1 Å². The van der Waals surface area contributed by atoms with E-state index < -0.39 is 55.0 Å². The van der Waals surface area contributed by atoms with Crippen molar-refractivity contribution >= 4 is 40.0 Å². The number of halogens is 12. The largest absolute Gasteiger partial charge is 4.00 e. The Morgan fingerprint density at radius 2 is 0.731 bits per heavy atom. The van der Waals surface area contributed by atoms with Crippen molar-refractivity contribution in [1.82, 2.24) is 0 Å². The maximum absolute atomic E-state index is 13.6. The molecule has 0 saturated carbocycles. The fourth-order valence-electron chi connectivity index (χ4n) is 6.08. The summed E-state index contributed by atoms with van der Waals surface area (Å²) in [4.78, 5) is 0. The minimum absolute atomic E-state index is 0. The Bertz CT molecular complexity index is 1990. The molecule has 0 aromatic heterocycles. The first-order valence-electron chi connectivity index (χ1n) is 14.5. The fourth-order valence-corrected chi connectivity index (χ4v) is 8.46. The van der Waals surface area contributed by atoms with Crippen LogP contribution < -0.4 is 10.4 Å². The Morgan fingerprint density at radius 3 is 1.00 bits per heavy atom. The molecule has 0 aliphatic carbocycles. The van der Waals surface area contributed by atoms with E-state index in [9.17, 15) is 52.7 Å². The van der Waals surface area contributed by atoms with E-state index in [1.165, 1.54) is 24.3 Å². The summed E-state index contributed by atoms with van der Waals surface area (Å²) in [7, 11) is -2.75. The van der Waals surface area contributed by atoms with Crippen molar-refractivity contribution in [3.05, 3.63) is 134 Å². The number of benzene rings is 4. The second-order valence-corrected chi connectivity index (χ2v) is 16.7. The Labute approximate surface area is 311 Å². The molecule has 0 fully saturated rings. The molecule has 6 aromatic carbocycles.